The summed E-state index contributed by atoms with van der Waals surface area (Å²) in [5, 5.41) is 22.9. The van der Waals surface area contributed by atoms with E-state index in [0.29, 0.717) is 29.9 Å². The highest BCUT2D eigenvalue weighted by molar-refractivity contribution is 7.94. The number of sulfonamides is 2. The first kappa shape index (κ1) is 23.4. The van der Waals surface area contributed by atoms with Crippen molar-refractivity contribution >= 4 is 43.3 Å². The van der Waals surface area contributed by atoms with Crippen LogP contribution in [0, 0.1) is 0 Å². The number of fused-ring (bicyclic) bond motifs is 1. The number of carboxylic acids is 2. The summed E-state index contributed by atoms with van der Waals surface area (Å²) in [6.45, 7) is 0.812. The highest BCUT2D eigenvalue weighted by Gasteiger charge is 2.38. The van der Waals surface area contributed by atoms with Crippen molar-refractivity contribution in [1.82, 2.24) is 4.31 Å². The molecule has 0 bridgehead atoms. The molecule has 0 saturated heterocycles. The van der Waals surface area contributed by atoms with E-state index in [9.17, 15) is 16.8 Å². The van der Waals surface area contributed by atoms with Crippen LogP contribution in [0.5, 0.6) is 0 Å². The van der Waals surface area contributed by atoms with Crippen molar-refractivity contribution < 1.29 is 41.4 Å². The zero-order valence-corrected chi connectivity index (χ0v) is 16.4. The Morgan fingerprint density at radius 1 is 1.37 bits per heavy atom. The summed E-state index contributed by atoms with van der Waals surface area (Å²) in [7, 11) is -6.15. The predicted molar refractivity (Wildman–Crippen MR) is 87.9 cm³/mol. The Morgan fingerprint density at radius 2 is 1.93 bits per heavy atom. The maximum absolute atomic E-state index is 12.5. The molecule has 0 radical (unpaired) electrons. The minimum atomic E-state index is -3.95. The molecule has 0 fully saturated rings. The molecule has 0 amide bonds. The third-order valence-corrected chi connectivity index (χ3v) is 8.24. The van der Waals surface area contributed by atoms with Crippen molar-refractivity contribution in [1.29, 1.82) is 0 Å². The lowest BCUT2D eigenvalue weighted by molar-refractivity contribution is -0.345. The number of nitrogens with zero attached hydrogens (tertiary/aromatic N) is 1. The number of aliphatic carboxylic acids is 2. The largest absolute Gasteiger partial charge is 0.543 e. The van der Waals surface area contributed by atoms with E-state index in [1.807, 2.05) is 0 Å². The van der Waals surface area contributed by atoms with Gasteiger partial charge in [-0.3, -0.25) is 0 Å². The van der Waals surface area contributed by atoms with Crippen LogP contribution in [-0.2, 0) is 34.4 Å². The number of hydrogen-bond donors (Lipinski definition) is 2. The molecule has 0 aliphatic carbocycles. The number of ether oxygens (including phenoxy) is 1. The fourth-order valence-corrected chi connectivity index (χ4v) is 6.43. The molecule has 1 aliphatic rings. The highest BCUT2D eigenvalue weighted by Crippen LogP contribution is 2.38. The first-order valence-electron chi connectivity index (χ1n) is 7.15. The van der Waals surface area contributed by atoms with Crippen molar-refractivity contribution in [3.8, 4) is 0 Å². The lowest BCUT2D eigenvalue weighted by atomic mass is 10.1. The number of thiophene rings is 1. The van der Waals surface area contributed by atoms with Gasteiger partial charge < -0.3 is 30.3 Å². The lowest BCUT2D eigenvalue weighted by Gasteiger charge is -2.29. The van der Waals surface area contributed by atoms with Gasteiger partial charge in [-0.05, 0) is 12.5 Å². The number of carbonyl (C=O) groups is 2. The molecule has 2 rings (SSSR count). The van der Waals surface area contributed by atoms with E-state index in [0.717, 1.165) is 0 Å². The van der Waals surface area contributed by atoms with Crippen LogP contribution in [0.4, 0.5) is 0 Å². The molecular formula is C12H17N3O9S3-2. The molecule has 15 heteroatoms. The van der Waals surface area contributed by atoms with Gasteiger partial charge in [0.05, 0.1) is 11.9 Å². The monoisotopic (exact) mass is 443 g/mol. The second-order valence-corrected chi connectivity index (χ2v) is 10.2. The standard InChI is InChI=1S/C10H17N3O5S3.C2H2O4/c1-18-4-2-3-13-6-8(11)7-5-9(20(12,14)15)19-10(7)21(13,16)17;3-1(4)2(5)6/h5,8H,2-4,6,11H2,1H3,(H2,12,14,15);(H,3,4)(H,5,6)/p-2/t8-;/m0./s1. The topological polar surface area (TPSA) is 213 Å². The van der Waals surface area contributed by atoms with Crippen LogP contribution < -0.4 is 21.1 Å². The molecule has 2 heterocycles. The maximum atomic E-state index is 12.5. The van der Waals surface area contributed by atoms with Gasteiger partial charge >= 0.3 is 0 Å². The third kappa shape index (κ3) is 5.93. The first-order valence-corrected chi connectivity index (χ1v) is 11.0. The summed E-state index contributed by atoms with van der Waals surface area (Å²) in [4.78, 5) is 17.9. The van der Waals surface area contributed by atoms with Gasteiger partial charge in [-0.2, -0.15) is 4.31 Å². The van der Waals surface area contributed by atoms with Gasteiger partial charge in [0.1, 0.15) is 8.42 Å². The Labute approximate surface area is 159 Å². The molecule has 27 heavy (non-hydrogen) atoms. The molecule has 0 saturated carbocycles. The number of primary sulfonamides is 1. The molecule has 0 unspecified atom stereocenters. The number of methoxy groups -OCH3 is 1. The van der Waals surface area contributed by atoms with E-state index in [4.69, 9.17) is 35.4 Å². The summed E-state index contributed by atoms with van der Waals surface area (Å²) in [5.74, 6) is -4.37. The molecule has 0 aromatic carbocycles. The Morgan fingerprint density at radius 3 is 2.37 bits per heavy atom. The molecule has 1 aliphatic heterocycles. The summed E-state index contributed by atoms with van der Waals surface area (Å²) in [5.41, 5.74) is 6.26. The van der Waals surface area contributed by atoms with Gasteiger partial charge in [0.2, 0.25) is 10.0 Å². The Bertz CT molecular complexity index is 896. The first-order chi connectivity index (χ1) is 12.3. The van der Waals surface area contributed by atoms with Crippen LogP contribution in [0.25, 0.3) is 0 Å². The second kappa shape index (κ2) is 9.05. The van der Waals surface area contributed by atoms with Gasteiger partial charge in [-0.15, -0.1) is 11.3 Å². The number of nitrogens with two attached hydrogens (primary N) is 2. The average molecular weight is 443 g/mol. The van der Waals surface area contributed by atoms with E-state index in [1.54, 1.807) is 0 Å². The van der Waals surface area contributed by atoms with Crippen molar-refractivity contribution in [2.45, 2.75) is 20.9 Å². The highest BCUT2D eigenvalue weighted by atomic mass is 32.3. The molecule has 1 atom stereocenters. The van der Waals surface area contributed by atoms with E-state index in [2.05, 4.69) is 0 Å². The van der Waals surface area contributed by atoms with E-state index < -0.39 is 38.0 Å². The van der Waals surface area contributed by atoms with Crippen LogP contribution in [0.3, 0.4) is 0 Å². The third-order valence-electron chi connectivity index (χ3n) is 3.28. The summed E-state index contributed by atoms with van der Waals surface area (Å²) in [6.07, 6.45) is 0.533. The quantitative estimate of drug-likeness (QED) is 0.331. The predicted octanol–water partition coefficient (Wildman–Crippen LogP) is -4.08. The molecule has 1 aromatic rings. The Hall–Kier alpha value is -1.62. The molecule has 4 N–H and O–H groups in total. The van der Waals surface area contributed by atoms with Gasteiger partial charge in [-0.25, -0.2) is 22.0 Å². The van der Waals surface area contributed by atoms with Crippen LogP contribution in [0.2, 0.25) is 0 Å². The Kier molecular flexibility index (Phi) is 7.85. The van der Waals surface area contributed by atoms with E-state index in [1.165, 1.54) is 17.5 Å². The Balaban J connectivity index is 0.000000527. The van der Waals surface area contributed by atoms with Gasteiger partial charge in [0.25, 0.3) is 10.0 Å². The normalized spacial score (nSPS) is 18.9. The maximum Gasteiger partial charge on any atom is 0.252 e. The SMILES string of the molecule is COCCCN1C[C@H](N)c2cc(S(N)(=O)=O)sc2S1(=O)=O.O=C([O-])C(=O)[O-]. The molecule has 154 valence electrons. The minimum Gasteiger partial charge on any atom is -0.543 e. The second-order valence-electron chi connectivity index (χ2n) is 5.24. The minimum absolute atomic E-state index is 0.0392. The lowest BCUT2D eigenvalue weighted by Crippen LogP contribution is -2.42. The fraction of sp³-hybridized carbons (Fsp3) is 0.500. The van der Waals surface area contributed by atoms with Crippen LogP contribution in [-0.4, -0.2) is 59.9 Å². The van der Waals surface area contributed by atoms with Crippen molar-refractivity contribution in [3.05, 3.63) is 11.6 Å². The van der Waals surface area contributed by atoms with Gasteiger partial charge in [0, 0.05) is 38.4 Å². The average Bonchev–Trinajstić information content (AvgIpc) is 3.00. The van der Waals surface area contributed by atoms with E-state index in [-0.39, 0.29) is 21.5 Å². The molecule has 0 spiro atoms. The summed E-state index contributed by atoms with van der Waals surface area (Å²) in [6, 6.07) is 0.683. The summed E-state index contributed by atoms with van der Waals surface area (Å²) >= 11 is 0.642. The fourth-order valence-electron chi connectivity index (χ4n) is 2.10. The number of rotatable bonds is 5. The van der Waals surface area contributed by atoms with Gasteiger partial charge in [-0.1, -0.05) is 0 Å². The zero-order chi connectivity index (χ0) is 21.0. The van der Waals surface area contributed by atoms with Crippen LogP contribution >= 0.6 is 11.3 Å². The van der Waals surface area contributed by atoms with Gasteiger partial charge in [0.15, 0.2) is 0 Å². The number of carbonyl (C=O) groups excluding carboxylic acids is 2. The molecule has 1 aromatic heterocycles. The van der Waals surface area contributed by atoms with Crippen molar-refractivity contribution in [2.75, 3.05) is 26.8 Å². The van der Waals surface area contributed by atoms with Crippen molar-refractivity contribution in [2.24, 2.45) is 10.9 Å². The smallest absolute Gasteiger partial charge is 0.252 e. The number of hydrogen-bond acceptors (Lipinski definition) is 11. The van der Waals surface area contributed by atoms with Crippen LogP contribution in [0.15, 0.2) is 14.5 Å². The van der Waals surface area contributed by atoms with Crippen molar-refractivity contribution in [3.63, 3.8) is 0 Å². The van der Waals surface area contributed by atoms with Crippen LogP contribution in [0.1, 0.15) is 18.0 Å². The zero-order valence-electron chi connectivity index (χ0n) is 14.0. The van der Waals surface area contributed by atoms with E-state index >= 15 is 0 Å². The molecule has 12 nitrogen and oxygen atoms in total. The number of carboxylic acid groups (broad SMARTS) is 2. The molecular weight excluding hydrogens is 426 g/mol. The summed E-state index contributed by atoms with van der Waals surface area (Å²) < 4.78 is 53.7.